The van der Waals surface area contributed by atoms with Crippen molar-refractivity contribution >= 4 is 11.7 Å². The van der Waals surface area contributed by atoms with Gasteiger partial charge in [0, 0.05) is 12.5 Å². The lowest BCUT2D eigenvalue weighted by molar-refractivity contribution is -0.140. The summed E-state index contributed by atoms with van der Waals surface area (Å²) >= 11 is 0. The topological polar surface area (TPSA) is 38.7 Å². The van der Waals surface area contributed by atoms with Crippen molar-refractivity contribution < 1.29 is 9.63 Å². The van der Waals surface area contributed by atoms with Crippen LogP contribution in [0, 0.1) is 13.8 Å². The minimum absolute atomic E-state index is 0.404. The van der Waals surface area contributed by atoms with Gasteiger partial charge in [-0.1, -0.05) is 28.9 Å². The predicted octanol–water partition coefficient (Wildman–Crippen LogP) is 2.59. The largest absolute Gasteiger partial charge is 0.331 e. The third-order valence-electron chi connectivity index (χ3n) is 2.08. The van der Waals surface area contributed by atoms with Crippen LogP contribution in [0.3, 0.4) is 0 Å². The molecule has 0 spiro atoms. The van der Waals surface area contributed by atoms with Crippen LogP contribution in [-0.4, -0.2) is 11.7 Å². The van der Waals surface area contributed by atoms with Gasteiger partial charge in [0.15, 0.2) is 0 Å². The van der Waals surface area contributed by atoms with E-state index in [2.05, 4.69) is 16.1 Å². The summed E-state index contributed by atoms with van der Waals surface area (Å²) in [5, 5.41) is 3.75. The average molecular weight is 205 g/mol. The molecule has 0 amide bonds. The van der Waals surface area contributed by atoms with Gasteiger partial charge in [-0.3, -0.25) is 0 Å². The van der Waals surface area contributed by atoms with E-state index < -0.39 is 5.97 Å². The maximum atomic E-state index is 10.6. The van der Waals surface area contributed by atoms with Crippen LogP contribution in [0.5, 0.6) is 0 Å². The van der Waals surface area contributed by atoms with Gasteiger partial charge in [-0.25, -0.2) is 4.79 Å². The molecule has 0 aromatic heterocycles. The number of aryl methyl sites for hydroxylation is 2. The Hall–Kier alpha value is -1.64. The Bertz CT molecular complexity index is 408. The van der Waals surface area contributed by atoms with Crippen LogP contribution in [0.2, 0.25) is 0 Å². The number of carbonyl (C=O) groups excluding carboxylic acids is 1. The lowest BCUT2D eigenvalue weighted by Gasteiger charge is -2.05. The summed E-state index contributed by atoms with van der Waals surface area (Å²) in [5.41, 5.74) is 4.05. The summed E-state index contributed by atoms with van der Waals surface area (Å²) in [5.74, 6) is -0.404. The summed E-state index contributed by atoms with van der Waals surface area (Å²) in [7, 11) is 0. The maximum absolute atomic E-state index is 10.6. The molecule has 0 radical (unpaired) electrons. The SMILES string of the molecule is CC(=O)O/N=C(\C)c1ccc(C)cc1C. The average Bonchev–Trinajstić information content (AvgIpc) is 2.14. The fraction of sp³-hybridized carbons (Fsp3) is 0.333. The number of benzene rings is 1. The highest BCUT2D eigenvalue weighted by Crippen LogP contribution is 2.11. The van der Waals surface area contributed by atoms with Crippen molar-refractivity contribution in [1.82, 2.24) is 0 Å². The first-order chi connectivity index (χ1) is 7.00. The van der Waals surface area contributed by atoms with E-state index in [-0.39, 0.29) is 0 Å². The highest BCUT2D eigenvalue weighted by atomic mass is 16.7. The van der Waals surface area contributed by atoms with E-state index in [0.29, 0.717) is 5.71 Å². The Morgan fingerprint density at radius 3 is 2.47 bits per heavy atom. The molecule has 1 aromatic carbocycles. The Kier molecular flexibility index (Phi) is 3.61. The molecule has 0 heterocycles. The van der Waals surface area contributed by atoms with Gasteiger partial charge in [0.05, 0.1) is 5.71 Å². The molecule has 0 aliphatic heterocycles. The van der Waals surface area contributed by atoms with Crippen molar-refractivity contribution in [3.05, 3.63) is 34.9 Å². The van der Waals surface area contributed by atoms with E-state index in [4.69, 9.17) is 0 Å². The Morgan fingerprint density at radius 2 is 1.93 bits per heavy atom. The molecule has 1 rings (SSSR count). The predicted molar refractivity (Wildman–Crippen MR) is 59.9 cm³/mol. The summed E-state index contributed by atoms with van der Waals surface area (Å²) in [4.78, 5) is 15.2. The molecule has 1 aromatic rings. The number of rotatable bonds is 2. The zero-order valence-corrected chi connectivity index (χ0v) is 9.50. The molecule has 0 bridgehead atoms. The van der Waals surface area contributed by atoms with E-state index in [1.807, 2.05) is 32.9 Å². The van der Waals surface area contributed by atoms with E-state index in [0.717, 1.165) is 11.1 Å². The fourth-order valence-corrected chi connectivity index (χ4v) is 1.40. The van der Waals surface area contributed by atoms with Gasteiger partial charge >= 0.3 is 5.97 Å². The molecule has 3 heteroatoms. The normalized spacial score (nSPS) is 11.3. The highest BCUT2D eigenvalue weighted by molar-refractivity contribution is 5.99. The van der Waals surface area contributed by atoms with Crippen molar-refractivity contribution in [2.75, 3.05) is 0 Å². The van der Waals surface area contributed by atoms with Crippen molar-refractivity contribution in [3.63, 3.8) is 0 Å². The molecular weight excluding hydrogens is 190 g/mol. The molecular formula is C12H15NO2. The van der Waals surface area contributed by atoms with Gasteiger partial charge in [-0.05, 0) is 26.3 Å². The smallest absolute Gasteiger partial charge is 0.318 e. The second-order valence-corrected chi connectivity index (χ2v) is 3.58. The molecule has 80 valence electrons. The Balaban J connectivity index is 2.95. The molecule has 15 heavy (non-hydrogen) atoms. The van der Waals surface area contributed by atoms with Crippen molar-refractivity contribution in [2.45, 2.75) is 27.7 Å². The van der Waals surface area contributed by atoms with Gasteiger partial charge < -0.3 is 4.84 Å². The van der Waals surface area contributed by atoms with Crippen LogP contribution in [0.4, 0.5) is 0 Å². The second-order valence-electron chi connectivity index (χ2n) is 3.58. The molecule has 0 aliphatic carbocycles. The zero-order chi connectivity index (χ0) is 11.4. The molecule has 3 nitrogen and oxygen atoms in total. The van der Waals surface area contributed by atoms with E-state index in [9.17, 15) is 4.79 Å². The highest BCUT2D eigenvalue weighted by Gasteiger charge is 2.03. The molecule has 0 aliphatic rings. The molecule has 0 fully saturated rings. The number of hydrogen-bond acceptors (Lipinski definition) is 3. The Morgan fingerprint density at radius 1 is 1.27 bits per heavy atom. The van der Waals surface area contributed by atoms with Crippen LogP contribution in [0.1, 0.15) is 30.5 Å². The van der Waals surface area contributed by atoms with Gasteiger partial charge in [0.1, 0.15) is 0 Å². The molecule has 0 saturated heterocycles. The number of nitrogens with zero attached hydrogens (tertiary/aromatic N) is 1. The molecule has 0 N–H and O–H groups in total. The Labute approximate surface area is 89.7 Å². The standard InChI is InChI=1S/C12H15NO2/c1-8-5-6-12(9(2)7-8)10(3)13-15-11(4)14/h5-7H,1-4H3/b13-10+. The first-order valence-electron chi connectivity index (χ1n) is 4.80. The fourth-order valence-electron chi connectivity index (χ4n) is 1.40. The third-order valence-corrected chi connectivity index (χ3v) is 2.08. The van der Waals surface area contributed by atoms with Crippen LogP contribution in [-0.2, 0) is 9.63 Å². The van der Waals surface area contributed by atoms with Gasteiger partial charge in [-0.2, -0.15) is 0 Å². The van der Waals surface area contributed by atoms with Gasteiger partial charge in [-0.15, -0.1) is 0 Å². The lowest BCUT2D eigenvalue weighted by atomic mass is 10.0. The van der Waals surface area contributed by atoms with E-state index >= 15 is 0 Å². The summed E-state index contributed by atoms with van der Waals surface area (Å²) in [6.07, 6.45) is 0. The van der Waals surface area contributed by atoms with E-state index in [1.54, 1.807) is 0 Å². The maximum Gasteiger partial charge on any atom is 0.331 e. The molecule has 0 atom stereocenters. The second kappa shape index (κ2) is 4.73. The van der Waals surface area contributed by atoms with E-state index in [1.165, 1.54) is 12.5 Å². The van der Waals surface area contributed by atoms with Crippen molar-refractivity contribution in [3.8, 4) is 0 Å². The zero-order valence-electron chi connectivity index (χ0n) is 9.50. The van der Waals surface area contributed by atoms with Crippen molar-refractivity contribution in [2.24, 2.45) is 5.16 Å². The minimum Gasteiger partial charge on any atom is -0.318 e. The van der Waals surface area contributed by atoms with Gasteiger partial charge in [0.25, 0.3) is 0 Å². The quantitative estimate of drug-likeness (QED) is 0.423. The van der Waals surface area contributed by atoms with Crippen LogP contribution < -0.4 is 0 Å². The summed E-state index contributed by atoms with van der Waals surface area (Å²) in [6, 6.07) is 6.06. The lowest BCUT2D eigenvalue weighted by Crippen LogP contribution is -2.01. The number of hydrogen-bond donors (Lipinski definition) is 0. The summed E-state index contributed by atoms with van der Waals surface area (Å²) in [6.45, 7) is 7.20. The first kappa shape index (κ1) is 11.4. The molecule has 0 saturated carbocycles. The first-order valence-corrected chi connectivity index (χ1v) is 4.80. The molecule has 0 unspecified atom stereocenters. The van der Waals surface area contributed by atoms with Gasteiger partial charge in [0.2, 0.25) is 0 Å². The van der Waals surface area contributed by atoms with Crippen LogP contribution in [0.15, 0.2) is 23.4 Å². The monoisotopic (exact) mass is 205 g/mol. The summed E-state index contributed by atoms with van der Waals surface area (Å²) < 4.78 is 0. The number of oxime groups is 1. The van der Waals surface area contributed by atoms with Crippen LogP contribution >= 0.6 is 0 Å². The van der Waals surface area contributed by atoms with Crippen molar-refractivity contribution in [1.29, 1.82) is 0 Å². The third kappa shape index (κ3) is 3.20. The minimum atomic E-state index is -0.404. The van der Waals surface area contributed by atoms with Crippen LogP contribution in [0.25, 0.3) is 0 Å². The number of carbonyl (C=O) groups is 1.